The van der Waals surface area contributed by atoms with E-state index in [1.165, 1.54) is 0 Å². The van der Waals surface area contributed by atoms with Crippen molar-refractivity contribution in [3.8, 4) is 0 Å². The summed E-state index contributed by atoms with van der Waals surface area (Å²) >= 11 is 0. The summed E-state index contributed by atoms with van der Waals surface area (Å²) in [6.07, 6.45) is 2.49. The van der Waals surface area contributed by atoms with Gasteiger partial charge in [-0.05, 0) is 64.7 Å². The molecule has 8 nitrogen and oxygen atoms in total. The monoisotopic (exact) mass is 417 g/mol. The molecule has 1 heterocycles. The fourth-order valence-electron chi connectivity index (χ4n) is 3.06. The van der Waals surface area contributed by atoms with Crippen LogP contribution in [0, 0.1) is 0 Å². The zero-order valence-electron chi connectivity index (χ0n) is 18.6. The average Bonchev–Trinajstić information content (AvgIpc) is 3.20. The van der Waals surface area contributed by atoms with Crippen molar-refractivity contribution in [2.24, 2.45) is 4.99 Å². The molecule has 2 amide bonds. The van der Waals surface area contributed by atoms with Crippen molar-refractivity contribution in [3.63, 3.8) is 0 Å². The number of amides is 2. The Hall–Kier alpha value is -2.77. The summed E-state index contributed by atoms with van der Waals surface area (Å²) in [4.78, 5) is 30.3. The number of carbonyl (C=O) groups excluding carboxylic acids is 2. The molecule has 3 N–H and O–H groups in total. The largest absolute Gasteiger partial charge is 0.444 e. The van der Waals surface area contributed by atoms with E-state index in [9.17, 15) is 9.59 Å². The SMILES string of the molecule is CCNC(=NCC(=O)N1CCCC1)NCCc1ccc(NC(=O)OC(C)(C)C)cc1. The number of likely N-dealkylation sites (tertiary alicyclic amines) is 1. The van der Waals surface area contributed by atoms with E-state index in [1.54, 1.807) is 0 Å². The lowest BCUT2D eigenvalue weighted by molar-refractivity contribution is -0.128. The lowest BCUT2D eigenvalue weighted by Gasteiger charge is -2.19. The first-order chi connectivity index (χ1) is 14.3. The lowest BCUT2D eigenvalue weighted by atomic mass is 10.1. The Morgan fingerprint density at radius 3 is 2.37 bits per heavy atom. The van der Waals surface area contributed by atoms with Gasteiger partial charge in [-0.15, -0.1) is 0 Å². The summed E-state index contributed by atoms with van der Waals surface area (Å²) in [7, 11) is 0. The van der Waals surface area contributed by atoms with Gasteiger partial charge in [0.2, 0.25) is 5.91 Å². The molecule has 0 radical (unpaired) electrons. The summed E-state index contributed by atoms with van der Waals surface area (Å²) < 4.78 is 5.25. The zero-order chi connectivity index (χ0) is 22.0. The van der Waals surface area contributed by atoms with Crippen LogP contribution in [-0.4, -0.2) is 61.2 Å². The molecule has 0 atom stereocenters. The zero-order valence-corrected chi connectivity index (χ0v) is 18.6. The highest BCUT2D eigenvalue weighted by atomic mass is 16.6. The van der Waals surface area contributed by atoms with Gasteiger partial charge in [0.05, 0.1) is 0 Å². The van der Waals surface area contributed by atoms with Crippen LogP contribution in [0.4, 0.5) is 10.5 Å². The third kappa shape index (κ3) is 8.71. The minimum absolute atomic E-state index is 0.0813. The summed E-state index contributed by atoms with van der Waals surface area (Å²) in [6.45, 7) is 10.8. The summed E-state index contributed by atoms with van der Waals surface area (Å²) in [5.74, 6) is 0.728. The fraction of sp³-hybridized carbons (Fsp3) is 0.591. The number of hydrogen-bond donors (Lipinski definition) is 3. The molecule has 1 aromatic rings. The van der Waals surface area contributed by atoms with Crippen LogP contribution in [0.1, 0.15) is 46.1 Å². The normalized spacial score (nSPS) is 14.4. The minimum atomic E-state index is -0.527. The smallest absolute Gasteiger partial charge is 0.412 e. The number of ether oxygens (including phenoxy) is 1. The quantitative estimate of drug-likeness (QED) is 0.468. The van der Waals surface area contributed by atoms with Crippen LogP contribution in [-0.2, 0) is 16.0 Å². The molecule has 8 heteroatoms. The molecular weight excluding hydrogens is 382 g/mol. The third-order valence-electron chi connectivity index (χ3n) is 4.48. The van der Waals surface area contributed by atoms with Gasteiger partial charge in [0.25, 0.3) is 0 Å². The molecule has 1 aliphatic heterocycles. The Balaban J connectivity index is 1.78. The number of anilines is 1. The lowest BCUT2D eigenvalue weighted by Crippen LogP contribution is -2.39. The van der Waals surface area contributed by atoms with E-state index in [0.29, 0.717) is 18.2 Å². The maximum absolute atomic E-state index is 12.2. The van der Waals surface area contributed by atoms with Gasteiger partial charge in [0.15, 0.2) is 5.96 Å². The standard InChI is InChI=1S/C22H35N5O3/c1-5-23-20(25-16-19(28)27-14-6-7-15-27)24-13-12-17-8-10-18(11-9-17)26-21(29)30-22(2,3)4/h8-11H,5-7,12-16H2,1-4H3,(H,26,29)(H2,23,24,25). The summed E-state index contributed by atoms with van der Waals surface area (Å²) in [5, 5.41) is 9.16. The highest BCUT2D eigenvalue weighted by Crippen LogP contribution is 2.13. The van der Waals surface area contributed by atoms with Gasteiger partial charge in [0, 0.05) is 31.9 Å². The number of nitrogens with one attached hydrogen (secondary N) is 3. The van der Waals surface area contributed by atoms with Crippen LogP contribution in [0.25, 0.3) is 0 Å². The molecule has 1 fully saturated rings. The number of guanidine groups is 1. The van der Waals surface area contributed by atoms with Gasteiger partial charge in [-0.3, -0.25) is 10.1 Å². The van der Waals surface area contributed by atoms with Crippen LogP contribution >= 0.6 is 0 Å². The third-order valence-corrected chi connectivity index (χ3v) is 4.48. The van der Waals surface area contributed by atoms with Gasteiger partial charge in [-0.2, -0.15) is 0 Å². The van der Waals surface area contributed by atoms with E-state index in [1.807, 2.05) is 56.9 Å². The molecular formula is C22H35N5O3. The average molecular weight is 418 g/mol. The molecule has 30 heavy (non-hydrogen) atoms. The maximum atomic E-state index is 12.2. The van der Waals surface area contributed by atoms with Crippen LogP contribution in [0.15, 0.2) is 29.3 Å². The molecule has 0 aromatic heterocycles. The Bertz CT molecular complexity index is 719. The van der Waals surface area contributed by atoms with Crippen molar-refractivity contribution < 1.29 is 14.3 Å². The topological polar surface area (TPSA) is 95.1 Å². The van der Waals surface area contributed by atoms with E-state index in [2.05, 4.69) is 20.9 Å². The molecule has 0 saturated carbocycles. The minimum Gasteiger partial charge on any atom is -0.444 e. The van der Waals surface area contributed by atoms with Crippen LogP contribution in [0.2, 0.25) is 0 Å². The van der Waals surface area contributed by atoms with Crippen molar-refractivity contribution in [1.82, 2.24) is 15.5 Å². The number of nitrogens with zero attached hydrogens (tertiary/aromatic N) is 2. The first-order valence-corrected chi connectivity index (χ1v) is 10.7. The molecule has 0 bridgehead atoms. The number of carbonyl (C=O) groups is 2. The first kappa shape index (κ1) is 23.5. The Morgan fingerprint density at radius 2 is 1.77 bits per heavy atom. The van der Waals surface area contributed by atoms with E-state index in [0.717, 1.165) is 44.5 Å². The molecule has 1 aromatic carbocycles. The van der Waals surface area contributed by atoms with Crippen molar-refractivity contribution in [2.75, 3.05) is 38.0 Å². The second-order valence-electron chi connectivity index (χ2n) is 8.28. The van der Waals surface area contributed by atoms with Gasteiger partial charge >= 0.3 is 6.09 Å². The molecule has 166 valence electrons. The molecule has 0 spiro atoms. The number of aliphatic imine (C=N–C) groups is 1. The highest BCUT2D eigenvalue weighted by molar-refractivity contribution is 5.85. The number of rotatable bonds is 7. The summed E-state index contributed by atoms with van der Waals surface area (Å²) in [5.41, 5.74) is 1.29. The molecule has 1 aliphatic rings. The first-order valence-electron chi connectivity index (χ1n) is 10.7. The molecule has 2 rings (SSSR count). The van der Waals surface area contributed by atoms with Crippen LogP contribution in [0.5, 0.6) is 0 Å². The van der Waals surface area contributed by atoms with Crippen LogP contribution in [0.3, 0.4) is 0 Å². The van der Waals surface area contributed by atoms with Gasteiger partial charge < -0.3 is 20.3 Å². The van der Waals surface area contributed by atoms with E-state index in [4.69, 9.17) is 4.74 Å². The van der Waals surface area contributed by atoms with Gasteiger partial charge in [-0.25, -0.2) is 9.79 Å². The Labute approximate surface area is 179 Å². The van der Waals surface area contributed by atoms with Crippen molar-refractivity contribution in [2.45, 2.75) is 52.6 Å². The van der Waals surface area contributed by atoms with Gasteiger partial charge in [0.1, 0.15) is 12.1 Å². The molecule has 1 saturated heterocycles. The van der Waals surface area contributed by atoms with E-state index in [-0.39, 0.29) is 12.5 Å². The number of benzene rings is 1. The second-order valence-corrected chi connectivity index (χ2v) is 8.28. The Morgan fingerprint density at radius 1 is 1.10 bits per heavy atom. The second kappa shape index (κ2) is 11.4. The van der Waals surface area contributed by atoms with Crippen LogP contribution < -0.4 is 16.0 Å². The van der Waals surface area contributed by atoms with E-state index >= 15 is 0 Å². The fourth-order valence-corrected chi connectivity index (χ4v) is 3.06. The summed E-state index contributed by atoms with van der Waals surface area (Å²) in [6, 6.07) is 7.64. The number of hydrogen-bond acceptors (Lipinski definition) is 4. The van der Waals surface area contributed by atoms with Gasteiger partial charge in [-0.1, -0.05) is 12.1 Å². The van der Waals surface area contributed by atoms with Crippen molar-refractivity contribution in [1.29, 1.82) is 0 Å². The maximum Gasteiger partial charge on any atom is 0.412 e. The van der Waals surface area contributed by atoms with Crippen molar-refractivity contribution >= 4 is 23.6 Å². The molecule has 0 unspecified atom stereocenters. The predicted octanol–water partition coefficient (Wildman–Crippen LogP) is 2.75. The van der Waals surface area contributed by atoms with E-state index < -0.39 is 11.7 Å². The molecule has 0 aliphatic carbocycles. The van der Waals surface area contributed by atoms with Crippen molar-refractivity contribution in [3.05, 3.63) is 29.8 Å². The highest BCUT2D eigenvalue weighted by Gasteiger charge is 2.17. The predicted molar refractivity (Wildman–Crippen MR) is 120 cm³/mol. The Kier molecular flexibility index (Phi) is 8.95.